The number of halogens is 3. The van der Waals surface area contributed by atoms with E-state index in [1.807, 2.05) is 24.3 Å². The van der Waals surface area contributed by atoms with Crippen LogP contribution in [0.1, 0.15) is 16.0 Å². The number of alkyl halides is 1. The van der Waals surface area contributed by atoms with Crippen LogP contribution in [0.3, 0.4) is 0 Å². The highest BCUT2D eigenvalue weighted by Gasteiger charge is 2.19. The van der Waals surface area contributed by atoms with Gasteiger partial charge in [0.2, 0.25) is 0 Å². The lowest BCUT2D eigenvalue weighted by Crippen LogP contribution is -2.00. The molecular formula is C16H15Br2ClO2. The number of benzene rings is 2. The van der Waals surface area contributed by atoms with Gasteiger partial charge in [0.25, 0.3) is 0 Å². The Bertz CT molecular complexity index is 632. The molecule has 21 heavy (non-hydrogen) atoms. The molecule has 0 amide bonds. The largest absolute Gasteiger partial charge is 0.495 e. The van der Waals surface area contributed by atoms with E-state index >= 15 is 0 Å². The maximum atomic E-state index is 6.31. The van der Waals surface area contributed by atoms with Crippen LogP contribution in [0.2, 0.25) is 5.02 Å². The molecule has 1 atom stereocenters. The van der Waals surface area contributed by atoms with Crippen LogP contribution in [0, 0.1) is 0 Å². The van der Waals surface area contributed by atoms with E-state index in [-0.39, 0.29) is 4.83 Å². The molecule has 2 aromatic carbocycles. The molecule has 1 unspecified atom stereocenters. The van der Waals surface area contributed by atoms with Crippen LogP contribution in [0.4, 0.5) is 0 Å². The van der Waals surface area contributed by atoms with Gasteiger partial charge in [-0.1, -0.05) is 61.7 Å². The highest BCUT2D eigenvalue weighted by molar-refractivity contribution is 9.10. The molecule has 0 fully saturated rings. The minimum atomic E-state index is 0.102. The normalized spacial score (nSPS) is 12.0. The van der Waals surface area contributed by atoms with E-state index in [4.69, 9.17) is 21.1 Å². The van der Waals surface area contributed by atoms with Crippen LogP contribution in [-0.2, 0) is 6.42 Å². The third-order valence-corrected chi connectivity index (χ3v) is 4.83. The van der Waals surface area contributed by atoms with Gasteiger partial charge in [0, 0.05) is 14.9 Å². The van der Waals surface area contributed by atoms with Crippen LogP contribution >= 0.6 is 43.5 Å². The molecule has 0 saturated carbocycles. The molecule has 0 saturated heterocycles. The Morgan fingerprint density at radius 2 is 1.90 bits per heavy atom. The predicted molar refractivity (Wildman–Crippen MR) is 94.1 cm³/mol. The molecule has 0 aliphatic heterocycles. The average molecular weight is 435 g/mol. The van der Waals surface area contributed by atoms with E-state index in [1.54, 1.807) is 14.2 Å². The number of hydrogen-bond donors (Lipinski definition) is 0. The second-order valence-corrected chi connectivity index (χ2v) is 6.90. The van der Waals surface area contributed by atoms with Gasteiger partial charge >= 0.3 is 0 Å². The van der Waals surface area contributed by atoms with Gasteiger partial charge in [-0.05, 0) is 30.2 Å². The van der Waals surface area contributed by atoms with Crippen molar-refractivity contribution in [1.29, 1.82) is 0 Å². The van der Waals surface area contributed by atoms with Crippen molar-refractivity contribution in [2.24, 2.45) is 0 Å². The van der Waals surface area contributed by atoms with Crippen molar-refractivity contribution in [2.75, 3.05) is 14.2 Å². The fourth-order valence-electron chi connectivity index (χ4n) is 2.15. The summed E-state index contributed by atoms with van der Waals surface area (Å²) in [4.78, 5) is 0.102. The summed E-state index contributed by atoms with van der Waals surface area (Å²) in [7, 11) is 3.20. The minimum absolute atomic E-state index is 0.102. The molecule has 2 nitrogen and oxygen atoms in total. The van der Waals surface area contributed by atoms with E-state index in [0.29, 0.717) is 16.5 Å². The van der Waals surface area contributed by atoms with E-state index in [9.17, 15) is 0 Å². The first kappa shape index (κ1) is 16.7. The Balaban J connectivity index is 2.30. The lowest BCUT2D eigenvalue weighted by atomic mass is 10.0. The third-order valence-electron chi connectivity index (χ3n) is 3.16. The number of ether oxygens (including phenoxy) is 2. The van der Waals surface area contributed by atoms with Crippen molar-refractivity contribution >= 4 is 43.5 Å². The maximum absolute atomic E-state index is 6.31. The van der Waals surface area contributed by atoms with Crippen molar-refractivity contribution in [3.8, 4) is 11.5 Å². The summed E-state index contributed by atoms with van der Waals surface area (Å²) < 4.78 is 11.7. The molecule has 0 aliphatic carbocycles. The zero-order valence-corrected chi connectivity index (χ0v) is 15.6. The highest BCUT2D eigenvalue weighted by atomic mass is 79.9. The number of rotatable bonds is 5. The first-order chi connectivity index (χ1) is 10.1. The second kappa shape index (κ2) is 7.52. The predicted octanol–water partition coefficient (Wildman–Crippen LogP) is 5.80. The highest BCUT2D eigenvalue weighted by Crippen LogP contribution is 2.42. The van der Waals surface area contributed by atoms with Crippen molar-refractivity contribution in [2.45, 2.75) is 11.2 Å². The quantitative estimate of drug-likeness (QED) is 0.554. The summed E-state index contributed by atoms with van der Waals surface area (Å²) in [5, 5.41) is 0.496. The first-order valence-electron chi connectivity index (χ1n) is 6.35. The fourth-order valence-corrected chi connectivity index (χ4v) is 3.65. The second-order valence-electron chi connectivity index (χ2n) is 4.51. The molecule has 5 heteroatoms. The Kier molecular flexibility index (Phi) is 5.97. The minimum Gasteiger partial charge on any atom is -0.495 e. The van der Waals surface area contributed by atoms with Gasteiger partial charge in [0.05, 0.1) is 14.2 Å². The number of methoxy groups -OCH3 is 2. The summed E-state index contributed by atoms with van der Waals surface area (Å²) in [6.45, 7) is 0. The maximum Gasteiger partial charge on any atom is 0.145 e. The number of hydrogen-bond acceptors (Lipinski definition) is 2. The third kappa shape index (κ3) is 3.93. The van der Waals surface area contributed by atoms with Gasteiger partial charge in [-0.3, -0.25) is 0 Å². The molecule has 2 rings (SSSR count). The smallest absolute Gasteiger partial charge is 0.145 e. The molecule has 0 aromatic heterocycles. The molecule has 2 aromatic rings. The summed E-state index contributed by atoms with van der Waals surface area (Å²) in [6.07, 6.45) is 0.832. The van der Waals surface area contributed by atoms with Gasteiger partial charge in [-0.25, -0.2) is 0 Å². The summed E-state index contributed by atoms with van der Waals surface area (Å²) in [6, 6.07) is 12.1. The Hall–Kier alpha value is -0.710. The molecule has 0 N–H and O–H groups in total. The van der Waals surface area contributed by atoms with E-state index in [2.05, 4.69) is 44.0 Å². The lowest BCUT2D eigenvalue weighted by molar-refractivity contribution is 0.391. The van der Waals surface area contributed by atoms with Crippen molar-refractivity contribution in [3.63, 3.8) is 0 Å². The van der Waals surface area contributed by atoms with Gasteiger partial charge in [-0.2, -0.15) is 0 Å². The van der Waals surface area contributed by atoms with E-state index in [0.717, 1.165) is 16.5 Å². The fraction of sp³-hybridized carbons (Fsp3) is 0.250. The van der Waals surface area contributed by atoms with E-state index < -0.39 is 0 Å². The van der Waals surface area contributed by atoms with Crippen LogP contribution in [0.5, 0.6) is 11.5 Å². The van der Waals surface area contributed by atoms with Crippen LogP contribution in [0.15, 0.2) is 40.9 Å². The average Bonchev–Trinajstić information content (AvgIpc) is 2.46. The Labute approximate surface area is 146 Å². The first-order valence-corrected chi connectivity index (χ1v) is 8.44. The van der Waals surface area contributed by atoms with Gasteiger partial charge < -0.3 is 9.47 Å². The molecular weight excluding hydrogens is 419 g/mol. The molecule has 0 aliphatic rings. The van der Waals surface area contributed by atoms with E-state index in [1.165, 1.54) is 5.56 Å². The Morgan fingerprint density at radius 1 is 1.14 bits per heavy atom. The van der Waals surface area contributed by atoms with Crippen molar-refractivity contribution in [1.82, 2.24) is 0 Å². The van der Waals surface area contributed by atoms with Gasteiger partial charge in [0.15, 0.2) is 0 Å². The summed E-state index contributed by atoms with van der Waals surface area (Å²) in [5.74, 6) is 1.26. The topological polar surface area (TPSA) is 18.5 Å². The van der Waals surface area contributed by atoms with Crippen LogP contribution in [-0.4, -0.2) is 14.2 Å². The molecule has 112 valence electrons. The van der Waals surface area contributed by atoms with Crippen LogP contribution in [0.25, 0.3) is 0 Å². The van der Waals surface area contributed by atoms with Crippen molar-refractivity contribution < 1.29 is 9.47 Å². The molecule has 0 heterocycles. The zero-order valence-electron chi connectivity index (χ0n) is 11.7. The standard InChI is InChI=1S/C16H15Br2ClO2/c1-20-14-7-6-12(16(21-2)15(14)19)13(18)9-10-4-3-5-11(17)8-10/h3-8,13H,9H2,1-2H3. The molecule has 0 spiro atoms. The SMILES string of the molecule is COc1ccc(C(Br)Cc2cccc(Br)c2)c(OC)c1Cl. The monoisotopic (exact) mass is 432 g/mol. The molecule has 0 bridgehead atoms. The van der Waals surface area contributed by atoms with Crippen molar-refractivity contribution in [3.05, 3.63) is 57.0 Å². The van der Waals surface area contributed by atoms with Gasteiger partial charge in [-0.15, -0.1) is 0 Å². The summed E-state index contributed by atoms with van der Waals surface area (Å²) in [5.41, 5.74) is 2.23. The molecule has 0 radical (unpaired) electrons. The lowest BCUT2D eigenvalue weighted by Gasteiger charge is -2.17. The summed E-state index contributed by atoms with van der Waals surface area (Å²) >= 11 is 13.5. The van der Waals surface area contributed by atoms with Gasteiger partial charge in [0.1, 0.15) is 16.5 Å². The Morgan fingerprint density at radius 3 is 2.52 bits per heavy atom. The van der Waals surface area contributed by atoms with Crippen LogP contribution < -0.4 is 9.47 Å². The zero-order chi connectivity index (χ0) is 15.4.